The van der Waals surface area contributed by atoms with Crippen LogP contribution in [0.3, 0.4) is 0 Å². The van der Waals surface area contributed by atoms with Crippen molar-refractivity contribution in [1.82, 2.24) is 15.5 Å². The first kappa shape index (κ1) is 19.5. The van der Waals surface area contributed by atoms with Gasteiger partial charge in [0.15, 0.2) is 0 Å². The highest BCUT2D eigenvalue weighted by Crippen LogP contribution is 2.31. The first-order valence-corrected chi connectivity index (χ1v) is 9.53. The van der Waals surface area contributed by atoms with Gasteiger partial charge in [0.2, 0.25) is 5.91 Å². The number of amides is 2. The molecule has 154 valence electrons. The van der Waals surface area contributed by atoms with Crippen LogP contribution >= 0.6 is 0 Å². The minimum Gasteiger partial charge on any atom is -0.497 e. The molecule has 0 aliphatic carbocycles. The summed E-state index contributed by atoms with van der Waals surface area (Å²) in [5.74, 6) is 0.958. The van der Waals surface area contributed by atoms with E-state index in [1.54, 1.807) is 31.3 Å². The van der Waals surface area contributed by atoms with Gasteiger partial charge in [-0.3, -0.25) is 14.7 Å². The van der Waals surface area contributed by atoms with Crippen LogP contribution in [0.5, 0.6) is 11.5 Å². The third-order valence-corrected chi connectivity index (χ3v) is 5.02. The largest absolute Gasteiger partial charge is 0.497 e. The van der Waals surface area contributed by atoms with Gasteiger partial charge in [-0.2, -0.15) is 5.10 Å². The Morgan fingerprint density at radius 1 is 1.13 bits per heavy atom. The van der Waals surface area contributed by atoms with Crippen molar-refractivity contribution >= 4 is 17.5 Å². The minimum atomic E-state index is -0.309. The summed E-state index contributed by atoms with van der Waals surface area (Å²) >= 11 is 0. The Balaban J connectivity index is 1.45. The molecule has 1 aliphatic heterocycles. The molecule has 1 fully saturated rings. The van der Waals surface area contributed by atoms with E-state index in [-0.39, 0.29) is 24.3 Å². The van der Waals surface area contributed by atoms with Gasteiger partial charge in [0.25, 0.3) is 5.91 Å². The third kappa shape index (κ3) is 3.84. The van der Waals surface area contributed by atoms with Crippen LogP contribution in [-0.2, 0) is 4.79 Å². The van der Waals surface area contributed by atoms with Crippen molar-refractivity contribution in [2.75, 3.05) is 25.7 Å². The average molecular weight is 406 g/mol. The quantitative estimate of drug-likeness (QED) is 0.656. The SMILES string of the molecule is COc1cccc(-c2cc(C(=O)N[C@H]3CC(=O)N(c4ccccc4OC)C3)[nH]n2)c1. The topological polar surface area (TPSA) is 96.5 Å². The van der Waals surface area contributed by atoms with E-state index in [1.165, 1.54) is 0 Å². The summed E-state index contributed by atoms with van der Waals surface area (Å²) in [6, 6.07) is 16.1. The zero-order valence-electron chi connectivity index (χ0n) is 16.7. The van der Waals surface area contributed by atoms with Gasteiger partial charge in [-0.25, -0.2) is 0 Å². The van der Waals surface area contributed by atoms with Crippen LogP contribution in [0.4, 0.5) is 5.69 Å². The maximum absolute atomic E-state index is 12.7. The van der Waals surface area contributed by atoms with Crippen LogP contribution in [0.25, 0.3) is 11.3 Å². The Kier molecular flexibility index (Phi) is 5.38. The summed E-state index contributed by atoms with van der Waals surface area (Å²) in [7, 11) is 3.16. The summed E-state index contributed by atoms with van der Waals surface area (Å²) in [5, 5.41) is 9.90. The second kappa shape index (κ2) is 8.28. The Morgan fingerprint density at radius 2 is 1.97 bits per heavy atom. The second-order valence-corrected chi connectivity index (χ2v) is 6.95. The molecule has 8 nitrogen and oxygen atoms in total. The molecule has 1 aromatic heterocycles. The van der Waals surface area contributed by atoms with Crippen molar-refractivity contribution in [2.24, 2.45) is 0 Å². The van der Waals surface area contributed by atoms with E-state index in [4.69, 9.17) is 9.47 Å². The lowest BCUT2D eigenvalue weighted by atomic mass is 10.1. The molecule has 0 bridgehead atoms. The van der Waals surface area contributed by atoms with Crippen molar-refractivity contribution in [3.05, 3.63) is 60.3 Å². The molecule has 2 heterocycles. The molecule has 3 aromatic rings. The van der Waals surface area contributed by atoms with Crippen molar-refractivity contribution in [2.45, 2.75) is 12.5 Å². The first-order chi connectivity index (χ1) is 14.6. The van der Waals surface area contributed by atoms with E-state index in [0.29, 0.717) is 35.1 Å². The number of hydrogen-bond acceptors (Lipinski definition) is 5. The predicted molar refractivity (Wildman–Crippen MR) is 112 cm³/mol. The van der Waals surface area contributed by atoms with Crippen LogP contribution in [0, 0.1) is 0 Å². The molecule has 1 aliphatic rings. The number of hydrogen-bond donors (Lipinski definition) is 2. The molecule has 1 saturated heterocycles. The van der Waals surface area contributed by atoms with Crippen molar-refractivity contribution < 1.29 is 19.1 Å². The monoisotopic (exact) mass is 406 g/mol. The minimum absolute atomic E-state index is 0.0634. The van der Waals surface area contributed by atoms with E-state index in [1.807, 2.05) is 42.5 Å². The lowest BCUT2D eigenvalue weighted by molar-refractivity contribution is -0.117. The number of anilines is 1. The number of H-pyrrole nitrogens is 1. The first-order valence-electron chi connectivity index (χ1n) is 9.53. The standard InChI is InChI=1S/C22H22N4O4/c1-29-16-7-5-6-14(10-16)17-12-18(25-24-17)22(28)23-15-11-21(27)26(13-15)19-8-3-4-9-20(19)30-2/h3-10,12,15H,11,13H2,1-2H3,(H,23,28)(H,24,25)/t15-/m0/s1. The van der Waals surface area contributed by atoms with Crippen molar-refractivity contribution in [3.63, 3.8) is 0 Å². The van der Waals surface area contributed by atoms with Gasteiger partial charge in [0.05, 0.1) is 31.6 Å². The van der Waals surface area contributed by atoms with Gasteiger partial charge in [0, 0.05) is 18.5 Å². The fourth-order valence-corrected chi connectivity index (χ4v) is 3.52. The summed E-state index contributed by atoms with van der Waals surface area (Å²) < 4.78 is 10.6. The lowest BCUT2D eigenvalue weighted by Crippen LogP contribution is -2.37. The molecule has 0 saturated carbocycles. The number of benzene rings is 2. The highest BCUT2D eigenvalue weighted by atomic mass is 16.5. The highest BCUT2D eigenvalue weighted by Gasteiger charge is 2.33. The molecule has 0 spiro atoms. The summed E-state index contributed by atoms with van der Waals surface area (Å²) in [6.45, 7) is 0.377. The van der Waals surface area contributed by atoms with Crippen LogP contribution in [-0.4, -0.2) is 48.8 Å². The number of para-hydroxylation sites is 2. The molecule has 0 unspecified atom stereocenters. The molecular formula is C22H22N4O4. The fourth-order valence-electron chi connectivity index (χ4n) is 3.52. The van der Waals surface area contributed by atoms with Gasteiger partial charge in [-0.05, 0) is 30.3 Å². The number of nitrogens with zero attached hydrogens (tertiary/aromatic N) is 2. The van der Waals surface area contributed by atoms with Gasteiger partial charge >= 0.3 is 0 Å². The maximum Gasteiger partial charge on any atom is 0.269 e. The van der Waals surface area contributed by atoms with Crippen LogP contribution in [0.1, 0.15) is 16.9 Å². The Morgan fingerprint density at radius 3 is 2.77 bits per heavy atom. The van der Waals surface area contributed by atoms with Crippen LogP contribution in [0.2, 0.25) is 0 Å². The van der Waals surface area contributed by atoms with Crippen LogP contribution in [0.15, 0.2) is 54.6 Å². The molecular weight excluding hydrogens is 384 g/mol. The number of nitrogens with one attached hydrogen (secondary N) is 2. The smallest absolute Gasteiger partial charge is 0.269 e. The lowest BCUT2D eigenvalue weighted by Gasteiger charge is -2.19. The summed E-state index contributed by atoms with van der Waals surface area (Å²) in [4.78, 5) is 26.8. The predicted octanol–water partition coefficient (Wildman–Crippen LogP) is 2.63. The molecule has 2 aromatic carbocycles. The summed E-state index contributed by atoms with van der Waals surface area (Å²) in [5.41, 5.74) is 2.50. The molecule has 8 heteroatoms. The average Bonchev–Trinajstić information content (AvgIpc) is 3.41. The Bertz CT molecular complexity index is 1080. The number of aromatic nitrogens is 2. The number of carbonyl (C=O) groups excluding carboxylic acids is 2. The van der Waals surface area contributed by atoms with Gasteiger partial charge in [0.1, 0.15) is 17.2 Å². The number of aromatic amines is 1. The normalized spacial score (nSPS) is 15.9. The van der Waals surface area contributed by atoms with Crippen molar-refractivity contribution in [3.8, 4) is 22.8 Å². The van der Waals surface area contributed by atoms with E-state index < -0.39 is 0 Å². The summed E-state index contributed by atoms with van der Waals surface area (Å²) in [6.07, 6.45) is 0.223. The van der Waals surface area contributed by atoms with Gasteiger partial charge in [-0.15, -0.1) is 0 Å². The number of carbonyl (C=O) groups is 2. The van der Waals surface area contributed by atoms with E-state index >= 15 is 0 Å². The molecule has 30 heavy (non-hydrogen) atoms. The third-order valence-electron chi connectivity index (χ3n) is 5.02. The van der Waals surface area contributed by atoms with Crippen molar-refractivity contribution in [1.29, 1.82) is 0 Å². The zero-order chi connectivity index (χ0) is 21.1. The zero-order valence-corrected chi connectivity index (χ0v) is 16.7. The Hall–Kier alpha value is -3.81. The Labute approximate surface area is 173 Å². The number of methoxy groups -OCH3 is 2. The highest BCUT2D eigenvalue weighted by molar-refractivity contribution is 5.99. The van der Waals surface area contributed by atoms with E-state index in [2.05, 4.69) is 15.5 Å². The maximum atomic E-state index is 12.7. The van der Waals surface area contributed by atoms with Gasteiger partial charge in [-0.1, -0.05) is 24.3 Å². The number of rotatable bonds is 6. The molecule has 4 rings (SSSR count). The van der Waals surface area contributed by atoms with Gasteiger partial charge < -0.3 is 19.7 Å². The van der Waals surface area contributed by atoms with E-state index in [9.17, 15) is 9.59 Å². The fraction of sp³-hybridized carbons (Fsp3) is 0.227. The number of ether oxygens (including phenoxy) is 2. The van der Waals surface area contributed by atoms with E-state index in [0.717, 1.165) is 5.56 Å². The molecule has 2 N–H and O–H groups in total. The molecule has 1 atom stereocenters. The molecule has 0 radical (unpaired) electrons. The van der Waals surface area contributed by atoms with Crippen LogP contribution < -0.4 is 19.7 Å². The second-order valence-electron chi connectivity index (χ2n) is 6.95. The molecule has 2 amide bonds.